The maximum Gasteiger partial charge on any atom is 0.275 e. The van der Waals surface area contributed by atoms with Crippen LogP contribution in [0.2, 0.25) is 0 Å². The molecule has 4 aromatic rings. The van der Waals surface area contributed by atoms with Gasteiger partial charge in [-0.2, -0.15) is 0 Å². The molecule has 0 atom stereocenters. The van der Waals surface area contributed by atoms with Crippen LogP contribution >= 0.6 is 11.3 Å². The third-order valence-corrected chi connectivity index (χ3v) is 5.13. The molecule has 30 heavy (non-hydrogen) atoms. The fourth-order valence-corrected chi connectivity index (χ4v) is 3.54. The number of benzene rings is 3. The van der Waals surface area contributed by atoms with Gasteiger partial charge in [0, 0.05) is 16.6 Å². The van der Waals surface area contributed by atoms with Crippen LogP contribution in [0.4, 0.5) is 14.5 Å². The Labute approximate surface area is 175 Å². The zero-order valence-electron chi connectivity index (χ0n) is 15.6. The van der Waals surface area contributed by atoms with Gasteiger partial charge in [0.25, 0.3) is 5.91 Å². The zero-order valence-corrected chi connectivity index (χ0v) is 16.5. The molecule has 0 aliphatic rings. The molecular formula is C23H16F2N2O2S. The molecule has 1 heterocycles. The van der Waals surface area contributed by atoms with E-state index >= 15 is 0 Å². The zero-order chi connectivity index (χ0) is 20.9. The van der Waals surface area contributed by atoms with Crippen molar-refractivity contribution in [2.75, 3.05) is 5.32 Å². The van der Waals surface area contributed by atoms with Gasteiger partial charge in [0.05, 0.1) is 0 Å². The molecule has 0 saturated heterocycles. The Morgan fingerprint density at radius 2 is 1.80 bits per heavy atom. The first-order valence-corrected chi connectivity index (χ1v) is 9.95. The molecule has 7 heteroatoms. The van der Waals surface area contributed by atoms with E-state index in [0.29, 0.717) is 27.7 Å². The van der Waals surface area contributed by atoms with Gasteiger partial charge in [-0.1, -0.05) is 36.4 Å². The summed E-state index contributed by atoms with van der Waals surface area (Å²) < 4.78 is 32.0. The van der Waals surface area contributed by atoms with E-state index in [4.69, 9.17) is 4.74 Å². The van der Waals surface area contributed by atoms with Crippen LogP contribution < -0.4 is 10.1 Å². The fraction of sp³-hybridized carbons (Fsp3) is 0.0435. The molecule has 0 radical (unpaired) electrons. The third-order valence-electron chi connectivity index (χ3n) is 4.24. The Kier molecular flexibility index (Phi) is 5.81. The van der Waals surface area contributed by atoms with Crippen molar-refractivity contribution < 1.29 is 18.3 Å². The molecule has 1 N–H and O–H groups in total. The highest BCUT2D eigenvalue weighted by atomic mass is 32.1. The lowest BCUT2D eigenvalue weighted by Crippen LogP contribution is -2.12. The van der Waals surface area contributed by atoms with Crippen molar-refractivity contribution in [1.82, 2.24) is 4.98 Å². The molecule has 0 aliphatic heterocycles. The molecule has 150 valence electrons. The average Bonchev–Trinajstić information content (AvgIpc) is 3.26. The van der Waals surface area contributed by atoms with Crippen molar-refractivity contribution in [3.63, 3.8) is 0 Å². The van der Waals surface area contributed by atoms with Crippen LogP contribution in [0, 0.1) is 11.6 Å². The van der Waals surface area contributed by atoms with Crippen LogP contribution in [-0.4, -0.2) is 10.9 Å². The monoisotopic (exact) mass is 422 g/mol. The molecule has 0 aliphatic carbocycles. The van der Waals surface area contributed by atoms with Crippen molar-refractivity contribution >= 4 is 22.9 Å². The van der Waals surface area contributed by atoms with Crippen LogP contribution in [0.5, 0.6) is 5.75 Å². The topological polar surface area (TPSA) is 51.2 Å². The molecule has 1 aromatic heterocycles. The molecule has 1 amide bonds. The smallest absolute Gasteiger partial charge is 0.275 e. The van der Waals surface area contributed by atoms with Crippen LogP contribution in [0.15, 0.2) is 78.2 Å². The Bertz CT molecular complexity index is 1180. The van der Waals surface area contributed by atoms with Gasteiger partial charge < -0.3 is 10.1 Å². The van der Waals surface area contributed by atoms with E-state index in [1.807, 2.05) is 24.3 Å². The summed E-state index contributed by atoms with van der Waals surface area (Å²) in [4.78, 5) is 16.8. The minimum atomic E-state index is -0.908. The number of aromatic nitrogens is 1. The van der Waals surface area contributed by atoms with E-state index in [-0.39, 0.29) is 12.5 Å². The van der Waals surface area contributed by atoms with Gasteiger partial charge in [0.1, 0.15) is 23.1 Å². The van der Waals surface area contributed by atoms with Gasteiger partial charge in [0.2, 0.25) is 0 Å². The van der Waals surface area contributed by atoms with Crippen LogP contribution in [0.1, 0.15) is 16.1 Å². The molecule has 4 nitrogen and oxygen atoms in total. The predicted molar refractivity (Wildman–Crippen MR) is 113 cm³/mol. The van der Waals surface area contributed by atoms with E-state index in [1.165, 1.54) is 17.4 Å². The molecule has 0 spiro atoms. The van der Waals surface area contributed by atoms with Crippen molar-refractivity contribution in [3.8, 4) is 16.3 Å². The molecular weight excluding hydrogens is 406 g/mol. The van der Waals surface area contributed by atoms with Crippen LogP contribution in [-0.2, 0) is 6.61 Å². The SMILES string of the molecule is O=C(Nc1ccccc1)c1csc(-c2cccc(OCc3ccc(F)c(F)c3)c2)n1. The Hall–Kier alpha value is -3.58. The Morgan fingerprint density at radius 1 is 0.967 bits per heavy atom. The summed E-state index contributed by atoms with van der Waals surface area (Å²) in [6.45, 7) is 0.100. The quantitative estimate of drug-likeness (QED) is 0.420. The van der Waals surface area contributed by atoms with Crippen molar-refractivity contribution in [2.45, 2.75) is 6.61 Å². The van der Waals surface area contributed by atoms with Gasteiger partial charge in [-0.25, -0.2) is 13.8 Å². The maximum atomic E-state index is 13.3. The number of hydrogen-bond acceptors (Lipinski definition) is 4. The lowest BCUT2D eigenvalue weighted by molar-refractivity contribution is 0.102. The van der Waals surface area contributed by atoms with Gasteiger partial charge in [-0.15, -0.1) is 11.3 Å². The highest BCUT2D eigenvalue weighted by Crippen LogP contribution is 2.28. The molecule has 4 rings (SSSR count). The summed E-state index contributed by atoms with van der Waals surface area (Å²) in [5, 5.41) is 5.17. The summed E-state index contributed by atoms with van der Waals surface area (Å²) in [7, 11) is 0. The highest BCUT2D eigenvalue weighted by molar-refractivity contribution is 7.13. The fourth-order valence-electron chi connectivity index (χ4n) is 2.74. The Balaban J connectivity index is 1.44. The summed E-state index contributed by atoms with van der Waals surface area (Å²) in [5.74, 6) is -1.53. The average molecular weight is 422 g/mol. The third kappa shape index (κ3) is 4.69. The lowest BCUT2D eigenvalue weighted by atomic mass is 10.2. The number of amides is 1. The van der Waals surface area contributed by atoms with Crippen molar-refractivity contribution in [2.24, 2.45) is 0 Å². The van der Waals surface area contributed by atoms with Crippen LogP contribution in [0.3, 0.4) is 0 Å². The van der Waals surface area contributed by atoms with E-state index in [0.717, 1.165) is 17.7 Å². The van der Waals surface area contributed by atoms with Crippen molar-refractivity contribution in [1.29, 1.82) is 0 Å². The summed E-state index contributed by atoms with van der Waals surface area (Å²) in [6.07, 6.45) is 0. The number of carbonyl (C=O) groups excluding carboxylic acids is 1. The number of rotatable bonds is 6. The Morgan fingerprint density at radius 3 is 2.60 bits per heavy atom. The molecule has 0 unspecified atom stereocenters. The molecule has 3 aromatic carbocycles. The number of anilines is 1. The van der Waals surface area contributed by atoms with E-state index in [1.54, 1.807) is 35.7 Å². The summed E-state index contributed by atoms with van der Waals surface area (Å²) in [5.41, 5.74) is 2.34. The number of hydrogen-bond donors (Lipinski definition) is 1. The standard InChI is InChI=1S/C23H16F2N2O2S/c24-19-10-9-15(11-20(19)25)13-29-18-8-4-5-16(12-18)23-27-21(14-30-23)22(28)26-17-6-2-1-3-7-17/h1-12,14H,13H2,(H,26,28). The largest absolute Gasteiger partial charge is 0.489 e. The number of halogens is 2. The van der Waals surface area contributed by atoms with E-state index in [2.05, 4.69) is 10.3 Å². The second kappa shape index (κ2) is 8.84. The van der Waals surface area contributed by atoms with Gasteiger partial charge in [0.15, 0.2) is 11.6 Å². The number of thiazole rings is 1. The number of ether oxygens (including phenoxy) is 1. The second-order valence-electron chi connectivity index (χ2n) is 6.42. The van der Waals surface area contributed by atoms with Crippen molar-refractivity contribution in [3.05, 3.63) is 101 Å². The second-order valence-corrected chi connectivity index (χ2v) is 7.28. The number of nitrogens with one attached hydrogen (secondary N) is 1. The normalized spacial score (nSPS) is 10.6. The summed E-state index contributed by atoms with van der Waals surface area (Å²) in [6, 6.07) is 20.0. The van der Waals surface area contributed by atoms with Gasteiger partial charge in [-0.3, -0.25) is 4.79 Å². The first-order chi connectivity index (χ1) is 14.6. The molecule has 0 fully saturated rings. The summed E-state index contributed by atoms with van der Waals surface area (Å²) >= 11 is 1.35. The van der Waals surface area contributed by atoms with E-state index in [9.17, 15) is 13.6 Å². The molecule has 0 bridgehead atoms. The highest BCUT2D eigenvalue weighted by Gasteiger charge is 2.13. The molecule has 0 saturated carbocycles. The number of carbonyl (C=O) groups is 1. The minimum absolute atomic E-state index is 0.100. The predicted octanol–water partition coefficient (Wildman–Crippen LogP) is 5.92. The maximum absolute atomic E-state index is 13.3. The van der Waals surface area contributed by atoms with Gasteiger partial charge in [-0.05, 0) is 42.0 Å². The lowest BCUT2D eigenvalue weighted by Gasteiger charge is -2.08. The first kappa shape index (κ1) is 19.7. The number of nitrogens with zero attached hydrogens (tertiary/aromatic N) is 1. The van der Waals surface area contributed by atoms with E-state index < -0.39 is 11.6 Å². The first-order valence-electron chi connectivity index (χ1n) is 9.07. The number of para-hydroxylation sites is 1. The van der Waals surface area contributed by atoms with Crippen LogP contribution in [0.25, 0.3) is 10.6 Å². The minimum Gasteiger partial charge on any atom is -0.489 e. The van der Waals surface area contributed by atoms with Gasteiger partial charge >= 0.3 is 0 Å².